The summed E-state index contributed by atoms with van der Waals surface area (Å²) >= 11 is 0. The molecule has 0 spiro atoms. The third-order valence-corrected chi connectivity index (χ3v) is 3.14. The number of aryl methyl sites for hydroxylation is 3. The number of nitrogens with zero attached hydrogens (tertiary/aromatic N) is 1. The minimum Gasteiger partial charge on any atom is -0.264 e. The van der Waals surface area contributed by atoms with Gasteiger partial charge in [0.25, 0.3) is 0 Å². The standard InChI is InChI=1S/C15H17N/c1-10-5-15(9-16-8-10)14-6-11(2)13(4)12(3)7-14/h5-9H,1-4H3. The van der Waals surface area contributed by atoms with Crippen molar-refractivity contribution in [3.63, 3.8) is 0 Å². The van der Waals surface area contributed by atoms with Crippen molar-refractivity contribution in [2.24, 2.45) is 0 Å². The van der Waals surface area contributed by atoms with E-state index in [9.17, 15) is 0 Å². The maximum atomic E-state index is 4.24. The second-order valence-corrected chi connectivity index (χ2v) is 4.49. The highest BCUT2D eigenvalue weighted by Crippen LogP contribution is 2.24. The summed E-state index contributed by atoms with van der Waals surface area (Å²) in [5.74, 6) is 0. The molecule has 0 radical (unpaired) electrons. The predicted octanol–water partition coefficient (Wildman–Crippen LogP) is 3.98. The van der Waals surface area contributed by atoms with Gasteiger partial charge >= 0.3 is 0 Å². The predicted molar refractivity (Wildman–Crippen MR) is 68.6 cm³/mol. The van der Waals surface area contributed by atoms with Gasteiger partial charge in [0.05, 0.1) is 0 Å². The Labute approximate surface area is 97.2 Å². The van der Waals surface area contributed by atoms with Crippen LogP contribution in [0, 0.1) is 27.7 Å². The quantitative estimate of drug-likeness (QED) is 0.695. The van der Waals surface area contributed by atoms with Gasteiger partial charge in [-0.05, 0) is 61.6 Å². The third kappa shape index (κ3) is 1.99. The van der Waals surface area contributed by atoms with Crippen LogP contribution in [0.2, 0.25) is 0 Å². The van der Waals surface area contributed by atoms with Crippen LogP contribution in [-0.2, 0) is 0 Å². The minimum atomic E-state index is 1.20. The normalized spacial score (nSPS) is 10.5. The Morgan fingerprint density at radius 2 is 1.38 bits per heavy atom. The van der Waals surface area contributed by atoms with Crippen molar-refractivity contribution in [3.05, 3.63) is 52.8 Å². The fourth-order valence-corrected chi connectivity index (χ4v) is 1.92. The van der Waals surface area contributed by atoms with Crippen molar-refractivity contribution < 1.29 is 0 Å². The smallest absolute Gasteiger partial charge is 0.0346 e. The molecule has 0 aliphatic carbocycles. The molecule has 0 fully saturated rings. The number of aromatic nitrogens is 1. The van der Waals surface area contributed by atoms with Crippen molar-refractivity contribution in [2.75, 3.05) is 0 Å². The lowest BCUT2D eigenvalue weighted by molar-refractivity contribution is 1.24. The Bertz CT molecular complexity index is 504. The molecule has 1 aromatic heterocycles. The van der Waals surface area contributed by atoms with E-state index < -0.39 is 0 Å². The Morgan fingerprint density at radius 1 is 0.750 bits per heavy atom. The van der Waals surface area contributed by atoms with Gasteiger partial charge in [0.15, 0.2) is 0 Å². The molecule has 0 saturated heterocycles. The van der Waals surface area contributed by atoms with Crippen molar-refractivity contribution in [3.8, 4) is 11.1 Å². The molecule has 2 aromatic rings. The van der Waals surface area contributed by atoms with E-state index in [1.165, 1.54) is 33.4 Å². The van der Waals surface area contributed by atoms with Gasteiger partial charge in [0.2, 0.25) is 0 Å². The zero-order valence-corrected chi connectivity index (χ0v) is 10.3. The summed E-state index contributed by atoms with van der Waals surface area (Å²) in [5.41, 5.74) is 7.73. The van der Waals surface area contributed by atoms with E-state index in [2.05, 4.69) is 50.9 Å². The molecular formula is C15H17N. The second-order valence-electron chi connectivity index (χ2n) is 4.49. The number of hydrogen-bond acceptors (Lipinski definition) is 1. The molecule has 1 aromatic carbocycles. The highest BCUT2D eigenvalue weighted by atomic mass is 14.6. The van der Waals surface area contributed by atoms with E-state index in [1.54, 1.807) is 0 Å². The van der Waals surface area contributed by atoms with E-state index >= 15 is 0 Å². The number of pyridine rings is 1. The van der Waals surface area contributed by atoms with Gasteiger partial charge in [-0.3, -0.25) is 4.98 Å². The van der Waals surface area contributed by atoms with Crippen molar-refractivity contribution in [1.29, 1.82) is 0 Å². The molecule has 2 rings (SSSR count). The van der Waals surface area contributed by atoms with E-state index in [1.807, 2.05) is 12.4 Å². The number of benzene rings is 1. The lowest BCUT2D eigenvalue weighted by Gasteiger charge is -2.09. The molecule has 0 saturated carbocycles. The zero-order chi connectivity index (χ0) is 11.7. The van der Waals surface area contributed by atoms with Crippen LogP contribution in [0.15, 0.2) is 30.6 Å². The van der Waals surface area contributed by atoms with E-state index in [-0.39, 0.29) is 0 Å². The van der Waals surface area contributed by atoms with Crippen LogP contribution < -0.4 is 0 Å². The van der Waals surface area contributed by atoms with Crippen LogP contribution in [0.4, 0.5) is 0 Å². The SMILES string of the molecule is Cc1cncc(-c2cc(C)c(C)c(C)c2)c1. The molecular weight excluding hydrogens is 194 g/mol. The van der Waals surface area contributed by atoms with Crippen molar-refractivity contribution >= 4 is 0 Å². The first-order chi connectivity index (χ1) is 7.58. The summed E-state index contributed by atoms with van der Waals surface area (Å²) in [6.07, 6.45) is 3.81. The van der Waals surface area contributed by atoms with Crippen LogP contribution in [0.3, 0.4) is 0 Å². The fraction of sp³-hybridized carbons (Fsp3) is 0.267. The van der Waals surface area contributed by atoms with Gasteiger partial charge in [-0.25, -0.2) is 0 Å². The molecule has 1 heterocycles. The maximum Gasteiger partial charge on any atom is 0.0346 e. The van der Waals surface area contributed by atoms with Gasteiger partial charge in [-0.2, -0.15) is 0 Å². The Balaban J connectivity index is 2.57. The molecule has 1 heteroatoms. The highest BCUT2D eigenvalue weighted by molar-refractivity contribution is 5.65. The number of rotatable bonds is 1. The summed E-state index contributed by atoms with van der Waals surface area (Å²) in [6.45, 7) is 8.57. The maximum absolute atomic E-state index is 4.24. The first-order valence-electron chi connectivity index (χ1n) is 5.58. The largest absolute Gasteiger partial charge is 0.264 e. The molecule has 16 heavy (non-hydrogen) atoms. The van der Waals surface area contributed by atoms with Crippen LogP contribution in [0.25, 0.3) is 11.1 Å². The van der Waals surface area contributed by atoms with E-state index in [0.717, 1.165) is 0 Å². The lowest BCUT2D eigenvalue weighted by atomic mass is 9.97. The summed E-state index contributed by atoms with van der Waals surface area (Å²) in [6, 6.07) is 6.65. The minimum absolute atomic E-state index is 1.20. The van der Waals surface area contributed by atoms with Gasteiger partial charge in [-0.1, -0.05) is 12.1 Å². The Morgan fingerprint density at radius 3 is 1.94 bits per heavy atom. The summed E-state index contributed by atoms with van der Waals surface area (Å²) < 4.78 is 0. The number of hydrogen-bond donors (Lipinski definition) is 0. The molecule has 0 N–H and O–H groups in total. The van der Waals surface area contributed by atoms with Gasteiger partial charge in [0.1, 0.15) is 0 Å². The molecule has 0 aliphatic rings. The van der Waals surface area contributed by atoms with Gasteiger partial charge in [-0.15, -0.1) is 0 Å². The second kappa shape index (κ2) is 4.09. The molecule has 0 unspecified atom stereocenters. The molecule has 0 atom stereocenters. The Hall–Kier alpha value is -1.63. The fourth-order valence-electron chi connectivity index (χ4n) is 1.92. The van der Waals surface area contributed by atoms with Crippen LogP contribution in [0.5, 0.6) is 0 Å². The average Bonchev–Trinajstić information content (AvgIpc) is 2.25. The Kier molecular flexibility index (Phi) is 2.78. The highest BCUT2D eigenvalue weighted by Gasteiger charge is 2.03. The van der Waals surface area contributed by atoms with E-state index in [4.69, 9.17) is 0 Å². The van der Waals surface area contributed by atoms with Crippen LogP contribution in [-0.4, -0.2) is 4.98 Å². The zero-order valence-electron chi connectivity index (χ0n) is 10.3. The topological polar surface area (TPSA) is 12.9 Å². The molecule has 0 bridgehead atoms. The first kappa shape index (κ1) is 10.9. The molecule has 1 nitrogen and oxygen atoms in total. The van der Waals surface area contributed by atoms with E-state index in [0.29, 0.717) is 0 Å². The van der Waals surface area contributed by atoms with Crippen molar-refractivity contribution in [1.82, 2.24) is 4.98 Å². The van der Waals surface area contributed by atoms with Crippen LogP contribution >= 0.6 is 0 Å². The summed E-state index contributed by atoms with van der Waals surface area (Å²) in [7, 11) is 0. The van der Waals surface area contributed by atoms with Gasteiger partial charge in [0, 0.05) is 18.0 Å². The summed E-state index contributed by atoms with van der Waals surface area (Å²) in [5, 5.41) is 0. The molecule has 0 aliphatic heterocycles. The summed E-state index contributed by atoms with van der Waals surface area (Å²) in [4.78, 5) is 4.24. The molecule has 0 amide bonds. The lowest BCUT2D eigenvalue weighted by Crippen LogP contribution is -1.89. The average molecular weight is 211 g/mol. The first-order valence-corrected chi connectivity index (χ1v) is 5.58. The third-order valence-electron chi connectivity index (χ3n) is 3.14. The van der Waals surface area contributed by atoms with Crippen LogP contribution in [0.1, 0.15) is 22.3 Å². The monoisotopic (exact) mass is 211 g/mol. The molecule has 82 valence electrons. The van der Waals surface area contributed by atoms with Gasteiger partial charge < -0.3 is 0 Å². The van der Waals surface area contributed by atoms with Crippen molar-refractivity contribution in [2.45, 2.75) is 27.7 Å².